The summed E-state index contributed by atoms with van der Waals surface area (Å²) in [6.07, 6.45) is 2.42. The van der Waals surface area contributed by atoms with Crippen molar-refractivity contribution in [3.8, 4) is 0 Å². The first-order valence-corrected chi connectivity index (χ1v) is 5.02. The van der Waals surface area contributed by atoms with Crippen LogP contribution in [0, 0.1) is 0 Å². The molecule has 0 atom stereocenters. The van der Waals surface area contributed by atoms with Crippen LogP contribution in [-0.2, 0) is 19.5 Å². The molecule has 1 aromatic heterocycles. The van der Waals surface area contributed by atoms with Crippen LogP contribution in [0.4, 0.5) is 0 Å². The molecule has 2 N–H and O–H groups in total. The predicted molar refractivity (Wildman–Crippen MR) is 52.5 cm³/mol. The molecule has 3 nitrogen and oxygen atoms in total. The highest BCUT2D eigenvalue weighted by atomic mass is 15.3. The fourth-order valence-electron chi connectivity index (χ4n) is 2.23. The molecule has 2 heterocycles. The van der Waals surface area contributed by atoms with E-state index in [1.807, 2.05) is 0 Å². The smallest absolute Gasteiger partial charge is 0.0797 e. The molecule has 3 heteroatoms. The standard InChI is InChI=1S/C10H17N3/c1-7(2)10-8(6-11)12-13-5-3-4-9(10)13/h7H,3-6,11H2,1-2H3. The van der Waals surface area contributed by atoms with Crippen LogP contribution in [0.15, 0.2) is 0 Å². The second-order valence-electron chi connectivity index (χ2n) is 3.99. The lowest BCUT2D eigenvalue weighted by Gasteiger charge is -2.06. The normalized spacial score (nSPS) is 15.4. The van der Waals surface area contributed by atoms with Crippen molar-refractivity contribution in [2.45, 2.75) is 45.7 Å². The molecular formula is C10H17N3. The van der Waals surface area contributed by atoms with Crippen molar-refractivity contribution in [1.82, 2.24) is 9.78 Å². The molecule has 0 unspecified atom stereocenters. The number of fused-ring (bicyclic) bond motifs is 1. The van der Waals surface area contributed by atoms with Gasteiger partial charge in [-0.15, -0.1) is 0 Å². The van der Waals surface area contributed by atoms with Crippen LogP contribution in [0.2, 0.25) is 0 Å². The number of rotatable bonds is 2. The molecule has 0 fully saturated rings. The lowest BCUT2D eigenvalue weighted by atomic mass is 9.99. The molecule has 72 valence electrons. The molecular weight excluding hydrogens is 162 g/mol. The van der Waals surface area contributed by atoms with Gasteiger partial charge >= 0.3 is 0 Å². The van der Waals surface area contributed by atoms with Crippen molar-refractivity contribution in [3.63, 3.8) is 0 Å². The van der Waals surface area contributed by atoms with Crippen molar-refractivity contribution >= 4 is 0 Å². The van der Waals surface area contributed by atoms with Crippen molar-refractivity contribution in [2.24, 2.45) is 5.73 Å². The first kappa shape index (κ1) is 8.75. The minimum absolute atomic E-state index is 0.556. The van der Waals surface area contributed by atoms with E-state index in [-0.39, 0.29) is 0 Å². The minimum atomic E-state index is 0.556. The van der Waals surface area contributed by atoms with Crippen LogP contribution in [0.5, 0.6) is 0 Å². The van der Waals surface area contributed by atoms with Crippen molar-refractivity contribution in [1.29, 1.82) is 0 Å². The van der Waals surface area contributed by atoms with E-state index in [0.717, 1.165) is 12.2 Å². The Kier molecular flexibility index (Phi) is 2.12. The summed E-state index contributed by atoms with van der Waals surface area (Å²) in [6.45, 7) is 6.09. The highest BCUT2D eigenvalue weighted by Crippen LogP contribution is 2.28. The number of hydrogen-bond acceptors (Lipinski definition) is 2. The molecule has 0 aliphatic carbocycles. The lowest BCUT2D eigenvalue weighted by molar-refractivity contribution is 0.643. The van der Waals surface area contributed by atoms with Gasteiger partial charge in [0.2, 0.25) is 0 Å². The Morgan fingerprint density at radius 1 is 1.54 bits per heavy atom. The van der Waals surface area contributed by atoms with E-state index in [2.05, 4.69) is 23.6 Å². The van der Waals surface area contributed by atoms with Gasteiger partial charge in [0.05, 0.1) is 5.69 Å². The molecule has 2 rings (SSSR count). The van der Waals surface area contributed by atoms with Gasteiger partial charge in [-0.05, 0) is 18.8 Å². The van der Waals surface area contributed by atoms with Crippen molar-refractivity contribution < 1.29 is 0 Å². The molecule has 0 saturated heterocycles. The van der Waals surface area contributed by atoms with Gasteiger partial charge in [-0.2, -0.15) is 5.10 Å². The third kappa shape index (κ3) is 1.27. The van der Waals surface area contributed by atoms with Gasteiger partial charge < -0.3 is 5.73 Å². The quantitative estimate of drug-likeness (QED) is 0.746. The average molecular weight is 179 g/mol. The molecule has 0 amide bonds. The Hall–Kier alpha value is -0.830. The Morgan fingerprint density at radius 3 is 2.92 bits per heavy atom. The summed E-state index contributed by atoms with van der Waals surface area (Å²) in [5.41, 5.74) is 9.60. The van der Waals surface area contributed by atoms with Crippen LogP contribution < -0.4 is 5.73 Å². The fraction of sp³-hybridized carbons (Fsp3) is 0.700. The van der Waals surface area contributed by atoms with Gasteiger partial charge in [-0.3, -0.25) is 4.68 Å². The number of aromatic nitrogens is 2. The van der Waals surface area contributed by atoms with E-state index in [0.29, 0.717) is 12.5 Å². The van der Waals surface area contributed by atoms with Gasteiger partial charge in [-0.25, -0.2) is 0 Å². The monoisotopic (exact) mass is 179 g/mol. The SMILES string of the molecule is CC(C)c1c(CN)nn2c1CCC2. The largest absolute Gasteiger partial charge is 0.325 e. The number of nitrogens with zero attached hydrogens (tertiary/aromatic N) is 2. The molecule has 13 heavy (non-hydrogen) atoms. The Morgan fingerprint density at radius 2 is 2.31 bits per heavy atom. The predicted octanol–water partition coefficient (Wildman–Crippen LogP) is 1.41. The molecule has 0 radical (unpaired) electrons. The minimum Gasteiger partial charge on any atom is -0.325 e. The summed E-state index contributed by atoms with van der Waals surface area (Å²) in [7, 11) is 0. The van der Waals surface area contributed by atoms with Crippen LogP contribution in [0.3, 0.4) is 0 Å². The van der Waals surface area contributed by atoms with Crippen LogP contribution in [-0.4, -0.2) is 9.78 Å². The summed E-state index contributed by atoms with van der Waals surface area (Å²) in [5, 5.41) is 4.52. The summed E-state index contributed by atoms with van der Waals surface area (Å²) in [6, 6.07) is 0. The molecule has 1 aromatic rings. The van der Waals surface area contributed by atoms with E-state index in [1.165, 1.54) is 24.1 Å². The second kappa shape index (κ2) is 3.14. The zero-order valence-corrected chi connectivity index (χ0v) is 8.38. The van der Waals surface area contributed by atoms with E-state index in [1.54, 1.807) is 0 Å². The van der Waals surface area contributed by atoms with Gasteiger partial charge in [0.1, 0.15) is 0 Å². The van der Waals surface area contributed by atoms with Gasteiger partial charge in [0, 0.05) is 24.3 Å². The van der Waals surface area contributed by atoms with Crippen LogP contribution >= 0.6 is 0 Å². The maximum absolute atomic E-state index is 5.67. The Bertz CT molecular complexity index is 312. The maximum atomic E-state index is 5.67. The molecule has 1 aliphatic rings. The van der Waals surface area contributed by atoms with Crippen LogP contribution in [0.25, 0.3) is 0 Å². The number of hydrogen-bond donors (Lipinski definition) is 1. The van der Waals surface area contributed by atoms with Crippen molar-refractivity contribution in [2.75, 3.05) is 0 Å². The topological polar surface area (TPSA) is 43.8 Å². The van der Waals surface area contributed by atoms with Crippen LogP contribution in [0.1, 0.15) is 43.1 Å². The second-order valence-corrected chi connectivity index (χ2v) is 3.99. The summed E-state index contributed by atoms with van der Waals surface area (Å²) >= 11 is 0. The zero-order valence-electron chi connectivity index (χ0n) is 8.38. The summed E-state index contributed by atoms with van der Waals surface area (Å²) in [4.78, 5) is 0. The molecule has 0 saturated carbocycles. The molecule has 1 aliphatic heterocycles. The third-order valence-corrected chi connectivity index (χ3v) is 2.73. The number of nitrogens with two attached hydrogens (primary N) is 1. The van der Waals surface area contributed by atoms with E-state index < -0.39 is 0 Å². The zero-order chi connectivity index (χ0) is 9.42. The molecule has 0 aromatic carbocycles. The third-order valence-electron chi connectivity index (χ3n) is 2.73. The summed E-state index contributed by atoms with van der Waals surface area (Å²) < 4.78 is 2.14. The number of aryl methyl sites for hydroxylation is 1. The molecule has 0 spiro atoms. The van der Waals surface area contributed by atoms with Gasteiger partial charge in [0.25, 0.3) is 0 Å². The molecule has 0 bridgehead atoms. The summed E-state index contributed by atoms with van der Waals surface area (Å²) in [5.74, 6) is 0.556. The highest BCUT2D eigenvalue weighted by Gasteiger charge is 2.22. The maximum Gasteiger partial charge on any atom is 0.0797 e. The first-order chi connectivity index (χ1) is 6.24. The highest BCUT2D eigenvalue weighted by molar-refractivity contribution is 5.31. The Balaban J connectivity index is 2.49. The van der Waals surface area contributed by atoms with Gasteiger partial charge in [-0.1, -0.05) is 13.8 Å². The fourth-order valence-corrected chi connectivity index (χ4v) is 2.23. The van der Waals surface area contributed by atoms with E-state index in [9.17, 15) is 0 Å². The van der Waals surface area contributed by atoms with E-state index >= 15 is 0 Å². The first-order valence-electron chi connectivity index (χ1n) is 5.02. The average Bonchev–Trinajstić information content (AvgIpc) is 2.59. The van der Waals surface area contributed by atoms with Crippen molar-refractivity contribution in [3.05, 3.63) is 17.0 Å². The lowest BCUT2D eigenvalue weighted by Crippen LogP contribution is -2.03. The Labute approximate surface area is 78.9 Å². The van der Waals surface area contributed by atoms with E-state index in [4.69, 9.17) is 5.73 Å². The van der Waals surface area contributed by atoms with Gasteiger partial charge in [0.15, 0.2) is 0 Å².